The topological polar surface area (TPSA) is 83.1 Å². The first-order chi connectivity index (χ1) is 15.7. The summed E-state index contributed by atoms with van der Waals surface area (Å²) in [4.78, 5) is 24.4. The van der Waals surface area contributed by atoms with E-state index >= 15 is 0 Å². The van der Waals surface area contributed by atoms with Crippen molar-refractivity contribution >= 4 is 12.1 Å². The van der Waals surface area contributed by atoms with Crippen LogP contribution in [0.2, 0.25) is 0 Å². The zero-order valence-electron chi connectivity index (χ0n) is 20.1. The zero-order valence-corrected chi connectivity index (χ0v) is 20.1. The van der Waals surface area contributed by atoms with Gasteiger partial charge in [-0.05, 0) is 57.9 Å². The van der Waals surface area contributed by atoms with Crippen LogP contribution in [0.1, 0.15) is 51.8 Å². The van der Waals surface area contributed by atoms with Crippen LogP contribution < -0.4 is 10.1 Å². The highest BCUT2D eigenvalue weighted by molar-refractivity contribution is 5.75. The molecule has 0 bridgehead atoms. The summed E-state index contributed by atoms with van der Waals surface area (Å²) in [5.74, 6) is 0.286. The Kier molecular flexibility index (Phi) is 10.2. The van der Waals surface area contributed by atoms with Crippen LogP contribution in [0.15, 0.2) is 54.6 Å². The molecule has 2 atom stereocenters. The van der Waals surface area contributed by atoms with Crippen molar-refractivity contribution in [2.24, 2.45) is 0 Å². The average molecular weight is 458 g/mol. The molecule has 2 aromatic carbocycles. The molecule has 1 amide bonds. The second kappa shape index (κ2) is 12.8. The summed E-state index contributed by atoms with van der Waals surface area (Å²) in [5, 5.41) is 2.88. The van der Waals surface area contributed by atoms with E-state index < -0.39 is 17.8 Å². The Hall–Kier alpha value is -3.06. The molecule has 0 saturated carbocycles. The maximum Gasteiger partial charge on any atom is 0.408 e. The molecule has 2 unspecified atom stereocenters. The first kappa shape index (κ1) is 26.2. The van der Waals surface area contributed by atoms with Crippen LogP contribution in [0.5, 0.6) is 5.75 Å². The predicted molar refractivity (Wildman–Crippen MR) is 126 cm³/mol. The van der Waals surface area contributed by atoms with Crippen LogP contribution in [0.4, 0.5) is 4.79 Å². The molecule has 0 fully saturated rings. The zero-order chi connectivity index (χ0) is 24.3. The Morgan fingerprint density at radius 2 is 1.61 bits per heavy atom. The van der Waals surface area contributed by atoms with Crippen molar-refractivity contribution in [3.8, 4) is 5.75 Å². The van der Waals surface area contributed by atoms with Gasteiger partial charge in [0.2, 0.25) is 0 Å². The van der Waals surface area contributed by atoms with Crippen molar-refractivity contribution in [3.05, 3.63) is 65.7 Å². The van der Waals surface area contributed by atoms with Crippen LogP contribution in [0.25, 0.3) is 0 Å². The predicted octanol–water partition coefficient (Wildman–Crippen LogP) is 4.84. The first-order valence-electron chi connectivity index (χ1n) is 11.3. The van der Waals surface area contributed by atoms with E-state index in [1.54, 1.807) is 6.92 Å². The third kappa shape index (κ3) is 9.53. The molecule has 1 N–H and O–H groups in total. The SMILES string of the molecule is CCOC(=O)C(Cc1ccc(OCC(NC(=O)OC(C)(C)C)c2ccccc2)cc1)OCC. The number of hydrogen-bond acceptors (Lipinski definition) is 6. The summed E-state index contributed by atoms with van der Waals surface area (Å²) in [5.41, 5.74) is 1.25. The molecule has 0 radical (unpaired) electrons. The van der Waals surface area contributed by atoms with E-state index in [9.17, 15) is 9.59 Å². The van der Waals surface area contributed by atoms with E-state index in [4.69, 9.17) is 18.9 Å². The van der Waals surface area contributed by atoms with Crippen molar-refractivity contribution in [2.45, 2.75) is 58.8 Å². The summed E-state index contributed by atoms with van der Waals surface area (Å²) >= 11 is 0. The summed E-state index contributed by atoms with van der Waals surface area (Å²) in [6.07, 6.45) is -0.724. The van der Waals surface area contributed by atoms with Crippen molar-refractivity contribution in [3.63, 3.8) is 0 Å². The fraction of sp³-hybridized carbons (Fsp3) is 0.462. The van der Waals surface area contributed by atoms with Gasteiger partial charge in [-0.25, -0.2) is 9.59 Å². The van der Waals surface area contributed by atoms with Crippen molar-refractivity contribution in [1.29, 1.82) is 0 Å². The Bertz CT molecular complexity index is 861. The largest absolute Gasteiger partial charge is 0.491 e. The number of hydrogen-bond donors (Lipinski definition) is 1. The molecule has 2 rings (SSSR count). The van der Waals surface area contributed by atoms with Crippen LogP contribution in [-0.4, -0.2) is 43.6 Å². The lowest BCUT2D eigenvalue weighted by Gasteiger charge is -2.24. The van der Waals surface area contributed by atoms with Gasteiger partial charge in [0, 0.05) is 13.0 Å². The summed E-state index contributed by atoms with van der Waals surface area (Å²) < 4.78 is 22.0. The number of alkyl carbamates (subject to hydrolysis) is 1. The molecule has 0 spiro atoms. The molecule has 7 nitrogen and oxygen atoms in total. The van der Waals surface area contributed by atoms with Gasteiger partial charge in [0.15, 0.2) is 6.10 Å². The summed E-state index contributed by atoms with van der Waals surface area (Å²) in [7, 11) is 0. The smallest absolute Gasteiger partial charge is 0.408 e. The Balaban J connectivity index is 2.02. The second-order valence-electron chi connectivity index (χ2n) is 8.46. The van der Waals surface area contributed by atoms with Gasteiger partial charge in [-0.3, -0.25) is 0 Å². The van der Waals surface area contributed by atoms with E-state index in [1.165, 1.54) is 0 Å². The van der Waals surface area contributed by atoms with Gasteiger partial charge >= 0.3 is 12.1 Å². The van der Waals surface area contributed by atoms with Crippen LogP contribution in [0.3, 0.4) is 0 Å². The van der Waals surface area contributed by atoms with Gasteiger partial charge < -0.3 is 24.3 Å². The van der Waals surface area contributed by atoms with Crippen LogP contribution in [-0.2, 0) is 25.4 Å². The monoisotopic (exact) mass is 457 g/mol. The lowest BCUT2D eigenvalue weighted by Crippen LogP contribution is -2.37. The number of benzene rings is 2. The van der Waals surface area contributed by atoms with Crippen molar-refractivity contribution in [2.75, 3.05) is 19.8 Å². The fourth-order valence-electron chi connectivity index (χ4n) is 3.12. The van der Waals surface area contributed by atoms with Gasteiger partial charge in [-0.1, -0.05) is 42.5 Å². The standard InChI is InChI=1S/C26H35NO6/c1-6-30-23(24(28)31-7-2)17-19-13-15-21(16-14-19)32-18-22(20-11-9-8-10-12-20)27-25(29)33-26(3,4)5/h8-16,22-23H,6-7,17-18H2,1-5H3,(H,27,29). The van der Waals surface area contributed by atoms with Crippen LogP contribution >= 0.6 is 0 Å². The Labute approximate surface area is 196 Å². The lowest BCUT2D eigenvalue weighted by atomic mass is 10.1. The molecule has 0 aliphatic carbocycles. The molecule has 0 aromatic heterocycles. The number of carbonyl (C=O) groups excluding carboxylic acids is 2. The van der Waals surface area contributed by atoms with E-state index in [-0.39, 0.29) is 18.6 Å². The normalized spacial score (nSPS) is 13.0. The number of carbonyl (C=O) groups is 2. The van der Waals surface area contributed by atoms with Gasteiger partial charge in [0.25, 0.3) is 0 Å². The highest BCUT2D eigenvalue weighted by atomic mass is 16.6. The van der Waals surface area contributed by atoms with E-state index in [0.717, 1.165) is 11.1 Å². The molecule has 0 aliphatic rings. The van der Waals surface area contributed by atoms with Crippen molar-refractivity contribution < 1.29 is 28.5 Å². The molecular weight excluding hydrogens is 422 g/mol. The van der Waals surface area contributed by atoms with Gasteiger partial charge in [-0.2, -0.15) is 0 Å². The van der Waals surface area contributed by atoms with Gasteiger partial charge in [0.1, 0.15) is 18.0 Å². The second-order valence-corrected chi connectivity index (χ2v) is 8.46. The van der Waals surface area contributed by atoms with Crippen molar-refractivity contribution in [1.82, 2.24) is 5.32 Å². The number of ether oxygens (including phenoxy) is 4. The molecule has 0 heterocycles. The minimum Gasteiger partial charge on any atom is -0.491 e. The molecule has 0 aliphatic heterocycles. The first-order valence-corrected chi connectivity index (χ1v) is 11.3. The van der Waals surface area contributed by atoms with Crippen LogP contribution in [0, 0.1) is 0 Å². The maximum absolute atomic E-state index is 12.3. The molecular formula is C26H35NO6. The summed E-state index contributed by atoms with van der Waals surface area (Å²) in [6, 6.07) is 16.6. The summed E-state index contributed by atoms with van der Waals surface area (Å²) in [6.45, 7) is 10.0. The number of amides is 1. The highest BCUT2D eigenvalue weighted by Crippen LogP contribution is 2.19. The number of rotatable bonds is 11. The quantitative estimate of drug-likeness (QED) is 0.486. The number of esters is 1. The third-order valence-corrected chi connectivity index (χ3v) is 4.57. The molecule has 33 heavy (non-hydrogen) atoms. The minimum absolute atomic E-state index is 0.229. The minimum atomic E-state index is -0.637. The van der Waals surface area contributed by atoms with E-state index in [0.29, 0.717) is 25.4 Å². The fourth-order valence-corrected chi connectivity index (χ4v) is 3.12. The molecule has 0 saturated heterocycles. The Morgan fingerprint density at radius 1 is 0.939 bits per heavy atom. The molecule has 7 heteroatoms. The highest BCUT2D eigenvalue weighted by Gasteiger charge is 2.22. The van der Waals surface area contributed by atoms with Gasteiger partial charge in [0.05, 0.1) is 12.6 Å². The maximum atomic E-state index is 12.3. The Morgan fingerprint density at radius 3 is 2.18 bits per heavy atom. The lowest BCUT2D eigenvalue weighted by molar-refractivity contribution is -0.156. The average Bonchev–Trinajstić information content (AvgIpc) is 2.77. The molecule has 2 aromatic rings. The van der Waals surface area contributed by atoms with E-state index in [1.807, 2.05) is 82.3 Å². The third-order valence-electron chi connectivity index (χ3n) is 4.57. The van der Waals surface area contributed by atoms with E-state index in [2.05, 4.69) is 5.32 Å². The number of nitrogens with one attached hydrogen (secondary N) is 1. The molecule has 180 valence electrons. The van der Waals surface area contributed by atoms with Gasteiger partial charge in [-0.15, -0.1) is 0 Å².